The van der Waals surface area contributed by atoms with Gasteiger partial charge in [0.2, 0.25) is 0 Å². The maximum atomic E-state index is 13.3. The lowest BCUT2D eigenvalue weighted by Crippen LogP contribution is -2.12. The summed E-state index contributed by atoms with van der Waals surface area (Å²) in [5.41, 5.74) is 8.87. The number of pyridine rings is 1. The number of nitrogens with two attached hydrogens (primary N) is 1. The van der Waals surface area contributed by atoms with Gasteiger partial charge in [-0.05, 0) is 35.4 Å². The first kappa shape index (κ1) is 11.8. The largest absolute Gasteiger partial charge is 0.320 e. The molecule has 0 aliphatic heterocycles. The summed E-state index contributed by atoms with van der Waals surface area (Å²) in [5, 5.41) is 1.00. The van der Waals surface area contributed by atoms with Gasteiger partial charge >= 0.3 is 0 Å². The molecule has 0 radical (unpaired) electrons. The number of nitrogens with zero attached hydrogens (tertiary/aromatic N) is 1. The van der Waals surface area contributed by atoms with Gasteiger partial charge in [-0.25, -0.2) is 4.39 Å². The van der Waals surface area contributed by atoms with Gasteiger partial charge in [0.05, 0.1) is 11.6 Å². The van der Waals surface area contributed by atoms with E-state index in [0.717, 1.165) is 22.0 Å². The highest BCUT2D eigenvalue weighted by Gasteiger charge is 2.12. The highest BCUT2D eigenvalue weighted by molar-refractivity contribution is 5.82. The summed E-state index contributed by atoms with van der Waals surface area (Å²) < 4.78 is 13.3. The van der Waals surface area contributed by atoms with Crippen LogP contribution in [0.4, 0.5) is 4.39 Å². The maximum Gasteiger partial charge on any atom is 0.123 e. The molecule has 3 heteroatoms. The van der Waals surface area contributed by atoms with Gasteiger partial charge < -0.3 is 5.73 Å². The van der Waals surface area contributed by atoms with Crippen molar-refractivity contribution in [3.8, 4) is 0 Å². The molecule has 0 bridgehead atoms. The Bertz CT molecular complexity index is 719. The fraction of sp³-hybridized carbons (Fsp3) is 0.0625. The Morgan fingerprint density at radius 2 is 1.84 bits per heavy atom. The third-order valence-corrected chi connectivity index (χ3v) is 3.22. The van der Waals surface area contributed by atoms with E-state index in [1.54, 1.807) is 12.3 Å². The van der Waals surface area contributed by atoms with Crippen molar-refractivity contribution in [2.75, 3.05) is 0 Å². The SMILES string of the molecule is NC(c1cccc(F)c1)c1cccc2ncccc12. The third-order valence-electron chi connectivity index (χ3n) is 3.22. The Labute approximate surface area is 110 Å². The van der Waals surface area contributed by atoms with Crippen molar-refractivity contribution in [3.63, 3.8) is 0 Å². The number of hydrogen-bond acceptors (Lipinski definition) is 2. The van der Waals surface area contributed by atoms with Gasteiger partial charge in [-0.3, -0.25) is 4.98 Å². The molecule has 1 unspecified atom stereocenters. The van der Waals surface area contributed by atoms with Crippen LogP contribution in [0.5, 0.6) is 0 Å². The van der Waals surface area contributed by atoms with E-state index in [2.05, 4.69) is 4.98 Å². The minimum absolute atomic E-state index is 0.272. The Kier molecular flexibility index (Phi) is 2.97. The quantitative estimate of drug-likeness (QED) is 0.759. The zero-order chi connectivity index (χ0) is 13.2. The summed E-state index contributed by atoms with van der Waals surface area (Å²) in [5.74, 6) is -0.272. The van der Waals surface area contributed by atoms with E-state index in [1.165, 1.54) is 12.1 Å². The van der Waals surface area contributed by atoms with Gasteiger partial charge in [-0.15, -0.1) is 0 Å². The molecule has 2 aromatic carbocycles. The summed E-state index contributed by atoms with van der Waals surface area (Å²) in [7, 11) is 0. The summed E-state index contributed by atoms with van der Waals surface area (Å²) in [6.45, 7) is 0. The van der Waals surface area contributed by atoms with Gasteiger partial charge in [0.25, 0.3) is 0 Å². The van der Waals surface area contributed by atoms with Gasteiger partial charge in [-0.1, -0.05) is 30.3 Å². The van der Waals surface area contributed by atoms with E-state index < -0.39 is 0 Å². The van der Waals surface area contributed by atoms with Crippen molar-refractivity contribution >= 4 is 10.9 Å². The van der Waals surface area contributed by atoms with Crippen LogP contribution in [0.1, 0.15) is 17.2 Å². The van der Waals surface area contributed by atoms with Crippen molar-refractivity contribution in [3.05, 3.63) is 77.7 Å². The molecule has 94 valence electrons. The molecule has 2 N–H and O–H groups in total. The summed E-state index contributed by atoms with van der Waals surface area (Å²) >= 11 is 0. The fourth-order valence-electron chi connectivity index (χ4n) is 2.28. The molecule has 1 atom stereocenters. The number of aromatic nitrogens is 1. The molecule has 0 aliphatic rings. The molecular formula is C16H13FN2. The number of benzene rings is 2. The molecule has 3 aromatic rings. The lowest BCUT2D eigenvalue weighted by atomic mass is 9.96. The first-order valence-corrected chi connectivity index (χ1v) is 6.10. The summed E-state index contributed by atoms with van der Waals surface area (Å²) in [6.07, 6.45) is 1.75. The van der Waals surface area contributed by atoms with Crippen molar-refractivity contribution in [1.29, 1.82) is 0 Å². The molecule has 1 heterocycles. The van der Waals surface area contributed by atoms with Gasteiger partial charge in [0, 0.05) is 11.6 Å². The van der Waals surface area contributed by atoms with Crippen LogP contribution in [0.25, 0.3) is 10.9 Å². The molecule has 2 nitrogen and oxygen atoms in total. The van der Waals surface area contributed by atoms with Crippen LogP contribution >= 0.6 is 0 Å². The average Bonchev–Trinajstić information content (AvgIpc) is 2.46. The normalized spacial score (nSPS) is 12.5. The Morgan fingerprint density at radius 1 is 1.00 bits per heavy atom. The minimum Gasteiger partial charge on any atom is -0.320 e. The zero-order valence-electron chi connectivity index (χ0n) is 10.3. The first-order chi connectivity index (χ1) is 9.25. The standard InChI is InChI=1S/C16H13FN2/c17-12-5-1-4-11(10-12)16(18)14-6-2-8-15-13(14)7-3-9-19-15/h1-10,16H,18H2. The number of fused-ring (bicyclic) bond motifs is 1. The van der Waals surface area contributed by atoms with E-state index in [9.17, 15) is 4.39 Å². The monoisotopic (exact) mass is 252 g/mol. The molecule has 0 saturated carbocycles. The average molecular weight is 252 g/mol. The molecule has 0 saturated heterocycles. The Balaban J connectivity index is 2.14. The maximum absolute atomic E-state index is 13.3. The third kappa shape index (κ3) is 2.20. The van der Waals surface area contributed by atoms with Crippen LogP contribution in [0, 0.1) is 5.82 Å². The van der Waals surface area contributed by atoms with Crippen LogP contribution in [0.3, 0.4) is 0 Å². The predicted octanol–water partition coefficient (Wildman–Crippen LogP) is 3.42. The molecule has 1 aromatic heterocycles. The highest BCUT2D eigenvalue weighted by Crippen LogP contribution is 2.26. The summed E-state index contributed by atoms with van der Waals surface area (Å²) in [6, 6.07) is 15.7. The van der Waals surface area contributed by atoms with Crippen LogP contribution in [0.15, 0.2) is 60.8 Å². The molecule has 3 rings (SSSR count). The van der Waals surface area contributed by atoms with Gasteiger partial charge in [0.15, 0.2) is 0 Å². The van der Waals surface area contributed by atoms with E-state index in [-0.39, 0.29) is 11.9 Å². The molecule has 0 spiro atoms. The molecule has 0 fully saturated rings. The summed E-state index contributed by atoms with van der Waals surface area (Å²) in [4.78, 5) is 4.31. The van der Waals surface area contributed by atoms with Crippen LogP contribution in [-0.2, 0) is 0 Å². The number of halogens is 1. The topological polar surface area (TPSA) is 38.9 Å². The van der Waals surface area contributed by atoms with Crippen molar-refractivity contribution < 1.29 is 4.39 Å². The Morgan fingerprint density at radius 3 is 2.68 bits per heavy atom. The molecule has 0 amide bonds. The lowest BCUT2D eigenvalue weighted by molar-refractivity contribution is 0.623. The number of rotatable bonds is 2. The second-order valence-electron chi connectivity index (χ2n) is 4.45. The van der Waals surface area contributed by atoms with Crippen LogP contribution < -0.4 is 5.73 Å². The van der Waals surface area contributed by atoms with Gasteiger partial charge in [0.1, 0.15) is 5.82 Å². The first-order valence-electron chi connectivity index (χ1n) is 6.10. The van der Waals surface area contributed by atoms with Crippen LogP contribution in [-0.4, -0.2) is 4.98 Å². The van der Waals surface area contributed by atoms with E-state index >= 15 is 0 Å². The van der Waals surface area contributed by atoms with E-state index in [4.69, 9.17) is 5.73 Å². The van der Waals surface area contributed by atoms with Crippen molar-refractivity contribution in [1.82, 2.24) is 4.98 Å². The van der Waals surface area contributed by atoms with Crippen molar-refractivity contribution in [2.24, 2.45) is 5.73 Å². The Hall–Kier alpha value is -2.26. The minimum atomic E-state index is -0.358. The van der Waals surface area contributed by atoms with Crippen molar-refractivity contribution in [2.45, 2.75) is 6.04 Å². The zero-order valence-corrected chi connectivity index (χ0v) is 10.3. The smallest absolute Gasteiger partial charge is 0.123 e. The second-order valence-corrected chi connectivity index (χ2v) is 4.45. The molecule has 0 aliphatic carbocycles. The van der Waals surface area contributed by atoms with E-state index in [0.29, 0.717) is 0 Å². The van der Waals surface area contributed by atoms with Crippen LogP contribution in [0.2, 0.25) is 0 Å². The lowest BCUT2D eigenvalue weighted by Gasteiger charge is -2.15. The highest BCUT2D eigenvalue weighted by atomic mass is 19.1. The van der Waals surface area contributed by atoms with E-state index in [1.807, 2.05) is 36.4 Å². The molecular weight excluding hydrogens is 239 g/mol. The van der Waals surface area contributed by atoms with Gasteiger partial charge in [-0.2, -0.15) is 0 Å². The predicted molar refractivity (Wildman–Crippen MR) is 74.2 cm³/mol. The number of hydrogen-bond donors (Lipinski definition) is 1. The second kappa shape index (κ2) is 4.78. The fourth-order valence-corrected chi connectivity index (χ4v) is 2.28. The molecule has 19 heavy (non-hydrogen) atoms.